The number of hydrogen-bond donors (Lipinski definition) is 4. The van der Waals surface area contributed by atoms with Gasteiger partial charge in [0.05, 0.1) is 6.26 Å². The van der Waals surface area contributed by atoms with Gasteiger partial charge >= 0.3 is 6.03 Å². The molecule has 0 atom stereocenters. The fourth-order valence-corrected chi connectivity index (χ4v) is 1.63. The Kier molecular flexibility index (Phi) is 4.93. The van der Waals surface area contributed by atoms with Gasteiger partial charge in [0.1, 0.15) is 0 Å². The first-order valence-electron chi connectivity index (χ1n) is 5.22. The summed E-state index contributed by atoms with van der Waals surface area (Å²) < 4.78 is 23.8. The third-order valence-corrected chi connectivity index (χ3v) is 2.67. The maximum absolute atomic E-state index is 11.4. The van der Waals surface area contributed by atoms with Crippen molar-refractivity contribution in [2.75, 3.05) is 30.4 Å². The van der Waals surface area contributed by atoms with Gasteiger partial charge in [0.25, 0.3) is 0 Å². The summed E-state index contributed by atoms with van der Waals surface area (Å²) >= 11 is 0. The molecule has 0 unspecified atom stereocenters. The highest BCUT2D eigenvalue weighted by atomic mass is 32.2. The summed E-state index contributed by atoms with van der Waals surface area (Å²) in [5.74, 6) is 0. The molecular formula is C10H16N4O3S. The van der Waals surface area contributed by atoms with Gasteiger partial charge in [0.15, 0.2) is 0 Å². The first kappa shape index (κ1) is 14.3. The number of hydrogen-bond acceptors (Lipinski definition) is 4. The number of anilines is 2. The zero-order chi connectivity index (χ0) is 13.6. The normalized spacial score (nSPS) is 10.9. The molecule has 0 saturated carbocycles. The molecule has 1 aromatic carbocycles. The molecule has 0 bridgehead atoms. The van der Waals surface area contributed by atoms with Crippen molar-refractivity contribution in [2.45, 2.75) is 0 Å². The summed E-state index contributed by atoms with van der Waals surface area (Å²) in [6, 6.07) is 6.27. The van der Waals surface area contributed by atoms with Gasteiger partial charge in [-0.2, -0.15) is 0 Å². The van der Waals surface area contributed by atoms with Gasteiger partial charge in [-0.05, 0) is 24.3 Å². The number of sulfonamides is 1. The SMILES string of the molecule is CS(=O)(=O)NCCNC(=O)Nc1ccc(N)cc1. The van der Waals surface area contributed by atoms with Crippen LogP contribution < -0.4 is 21.1 Å². The topological polar surface area (TPSA) is 113 Å². The zero-order valence-corrected chi connectivity index (χ0v) is 10.8. The Hall–Kier alpha value is -1.80. The van der Waals surface area contributed by atoms with Gasteiger partial charge in [-0.25, -0.2) is 17.9 Å². The van der Waals surface area contributed by atoms with E-state index in [-0.39, 0.29) is 13.1 Å². The van der Waals surface area contributed by atoms with Gasteiger partial charge in [-0.15, -0.1) is 0 Å². The van der Waals surface area contributed by atoms with Crippen molar-refractivity contribution in [1.29, 1.82) is 0 Å². The Bertz CT molecular complexity index is 498. The van der Waals surface area contributed by atoms with Crippen LogP contribution >= 0.6 is 0 Å². The number of urea groups is 1. The number of rotatable bonds is 5. The summed E-state index contributed by atoms with van der Waals surface area (Å²) in [4.78, 5) is 11.4. The van der Waals surface area contributed by atoms with Crippen LogP contribution in [0.2, 0.25) is 0 Å². The molecule has 18 heavy (non-hydrogen) atoms. The van der Waals surface area contributed by atoms with E-state index in [0.29, 0.717) is 11.4 Å². The van der Waals surface area contributed by atoms with E-state index in [9.17, 15) is 13.2 Å². The molecule has 0 radical (unpaired) electrons. The average molecular weight is 272 g/mol. The van der Waals surface area contributed by atoms with Crippen molar-refractivity contribution >= 4 is 27.4 Å². The molecule has 0 saturated heterocycles. The molecule has 5 N–H and O–H groups in total. The van der Waals surface area contributed by atoms with Crippen LogP contribution in [0, 0.1) is 0 Å². The molecule has 0 aliphatic carbocycles. The highest BCUT2D eigenvalue weighted by molar-refractivity contribution is 7.88. The van der Waals surface area contributed by atoms with Gasteiger partial charge in [0, 0.05) is 24.5 Å². The van der Waals surface area contributed by atoms with Crippen LogP contribution in [0.25, 0.3) is 0 Å². The summed E-state index contributed by atoms with van der Waals surface area (Å²) in [7, 11) is -3.22. The molecule has 0 fully saturated rings. The van der Waals surface area contributed by atoms with Crippen molar-refractivity contribution in [2.24, 2.45) is 0 Å². The molecule has 0 spiro atoms. The van der Waals surface area contributed by atoms with E-state index >= 15 is 0 Å². The highest BCUT2D eigenvalue weighted by Crippen LogP contribution is 2.09. The van der Waals surface area contributed by atoms with Crippen LogP contribution in [-0.4, -0.2) is 33.8 Å². The highest BCUT2D eigenvalue weighted by Gasteiger charge is 2.02. The number of carbonyl (C=O) groups is 1. The zero-order valence-electron chi connectivity index (χ0n) is 9.93. The van der Waals surface area contributed by atoms with E-state index in [4.69, 9.17) is 5.73 Å². The Morgan fingerprint density at radius 1 is 1.22 bits per heavy atom. The monoisotopic (exact) mass is 272 g/mol. The lowest BCUT2D eigenvalue weighted by Gasteiger charge is -2.07. The predicted octanol–water partition coefficient (Wildman–Crippen LogP) is -0.0605. The smallest absolute Gasteiger partial charge is 0.319 e. The lowest BCUT2D eigenvalue weighted by Crippen LogP contribution is -2.36. The van der Waals surface area contributed by atoms with Gasteiger partial charge in [-0.3, -0.25) is 0 Å². The number of amides is 2. The molecule has 7 nitrogen and oxygen atoms in total. The summed E-state index contributed by atoms with van der Waals surface area (Å²) in [6.45, 7) is 0.349. The fraction of sp³-hybridized carbons (Fsp3) is 0.300. The molecule has 1 aromatic rings. The maximum atomic E-state index is 11.4. The van der Waals surface area contributed by atoms with E-state index < -0.39 is 16.1 Å². The quantitative estimate of drug-likeness (QED) is 0.444. The van der Waals surface area contributed by atoms with E-state index in [1.807, 2.05) is 0 Å². The second-order valence-corrected chi connectivity index (χ2v) is 5.50. The van der Waals surface area contributed by atoms with Gasteiger partial charge < -0.3 is 16.4 Å². The fourth-order valence-electron chi connectivity index (χ4n) is 1.15. The molecule has 0 aliphatic heterocycles. The van der Waals surface area contributed by atoms with Crippen LogP contribution in [0.15, 0.2) is 24.3 Å². The summed E-state index contributed by atoms with van der Waals surface area (Å²) in [5, 5.41) is 5.09. The molecule has 1 rings (SSSR count). The standard InChI is InChI=1S/C10H16N4O3S/c1-18(16,17)13-7-6-12-10(15)14-9-4-2-8(11)3-5-9/h2-5,13H,6-7,11H2,1H3,(H2,12,14,15). The van der Waals surface area contributed by atoms with Crippen molar-refractivity contribution in [1.82, 2.24) is 10.0 Å². The van der Waals surface area contributed by atoms with Crippen LogP contribution in [0.4, 0.5) is 16.2 Å². The third kappa shape index (κ3) is 6.06. The van der Waals surface area contributed by atoms with Crippen LogP contribution in [0.5, 0.6) is 0 Å². The Labute approximate surface area is 106 Å². The minimum absolute atomic E-state index is 0.147. The molecule has 0 heterocycles. The van der Waals surface area contributed by atoms with Crippen LogP contribution in [-0.2, 0) is 10.0 Å². The number of nitrogen functional groups attached to an aromatic ring is 1. The minimum atomic E-state index is -3.22. The van der Waals surface area contributed by atoms with Crippen molar-refractivity contribution in [3.63, 3.8) is 0 Å². The Morgan fingerprint density at radius 3 is 2.39 bits per heavy atom. The third-order valence-electron chi connectivity index (χ3n) is 1.94. The lowest BCUT2D eigenvalue weighted by atomic mass is 10.3. The van der Waals surface area contributed by atoms with Crippen molar-refractivity contribution in [3.05, 3.63) is 24.3 Å². The number of nitrogens with one attached hydrogen (secondary N) is 3. The summed E-state index contributed by atoms with van der Waals surface area (Å²) in [6.07, 6.45) is 1.06. The van der Waals surface area contributed by atoms with Crippen LogP contribution in [0.3, 0.4) is 0 Å². The second kappa shape index (κ2) is 6.22. The second-order valence-electron chi connectivity index (χ2n) is 3.67. The average Bonchev–Trinajstić information content (AvgIpc) is 2.26. The molecule has 8 heteroatoms. The van der Waals surface area contributed by atoms with Gasteiger partial charge in [0.2, 0.25) is 10.0 Å². The first-order chi connectivity index (χ1) is 8.37. The Balaban J connectivity index is 2.28. The number of carbonyl (C=O) groups excluding carboxylic acids is 1. The van der Waals surface area contributed by atoms with E-state index in [1.165, 1.54) is 0 Å². The number of benzene rings is 1. The molecule has 0 aromatic heterocycles. The van der Waals surface area contributed by atoms with Crippen molar-refractivity contribution in [3.8, 4) is 0 Å². The first-order valence-corrected chi connectivity index (χ1v) is 7.11. The van der Waals surface area contributed by atoms with E-state index in [2.05, 4.69) is 15.4 Å². The summed E-state index contributed by atoms with van der Waals surface area (Å²) in [5.41, 5.74) is 6.72. The Morgan fingerprint density at radius 2 is 1.83 bits per heavy atom. The molecule has 2 amide bonds. The van der Waals surface area contributed by atoms with Crippen molar-refractivity contribution < 1.29 is 13.2 Å². The molecular weight excluding hydrogens is 256 g/mol. The van der Waals surface area contributed by atoms with E-state index in [1.54, 1.807) is 24.3 Å². The maximum Gasteiger partial charge on any atom is 0.319 e. The van der Waals surface area contributed by atoms with Crippen LogP contribution in [0.1, 0.15) is 0 Å². The molecule has 0 aliphatic rings. The lowest BCUT2D eigenvalue weighted by molar-refractivity contribution is 0.252. The van der Waals surface area contributed by atoms with E-state index in [0.717, 1.165) is 6.26 Å². The molecule has 100 valence electrons. The number of nitrogens with two attached hydrogens (primary N) is 1. The predicted molar refractivity (Wildman–Crippen MR) is 70.7 cm³/mol. The van der Waals surface area contributed by atoms with Gasteiger partial charge in [-0.1, -0.05) is 0 Å². The minimum Gasteiger partial charge on any atom is -0.399 e. The largest absolute Gasteiger partial charge is 0.399 e.